The van der Waals surface area contributed by atoms with Crippen molar-refractivity contribution in [1.29, 1.82) is 0 Å². The lowest BCUT2D eigenvalue weighted by molar-refractivity contribution is 0.0649. The van der Waals surface area contributed by atoms with E-state index in [2.05, 4.69) is 0 Å². The summed E-state index contributed by atoms with van der Waals surface area (Å²) in [5.41, 5.74) is 0.488. The molecule has 0 spiro atoms. The van der Waals surface area contributed by atoms with Crippen molar-refractivity contribution in [3.05, 3.63) is 47.2 Å². The fourth-order valence-corrected chi connectivity index (χ4v) is 0.851. The molecule has 0 radical (unpaired) electrons. The number of ether oxygens (including phenoxy) is 1. The number of hydrogen-bond donors (Lipinski definition) is 0. The summed E-state index contributed by atoms with van der Waals surface area (Å²) in [7, 11) is 0. The molecule has 0 amide bonds. The van der Waals surface area contributed by atoms with Crippen molar-refractivity contribution in [2.45, 2.75) is 6.92 Å². The van der Waals surface area contributed by atoms with Gasteiger partial charge in [-0.1, -0.05) is 18.2 Å². The lowest BCUT2D eigenvalue weighted by atomic mass is 10.2. The second-order valence-corrected chi connectivity index (χ2v) is 2.72. The smallest absolute Gasteiger partial charge is 0.344 e. The van der Waals surface area contributed by atoms with Gasteiger partial charge in [-0.05, 0) is 36.7 Å². The van der Waals surface area contributed by atoms with Crippen LogP contribution in [0.1, 0.15) is 17.3 Å². The van der Waals surface area contributed by atoms with Crippen LogP contribution in [0.15, 0.2) is 41.6 Å². The van der Waals surface area contributed by atoms with Crippen LogP contribution in [-0.2, 0) is 4.74 Å². The van der Waals surface area contributed by atoms with Crippen molar-refractivity contribution in [2.75, 3.05) is 0 Å². The zero-order chi connectivity index (χ0) is 9.68. The highest BCUT2D eigenvalue weighted by atomic mass is 35.5. The summed E-state index contributed by atoms with van der Waals surface area (Å²) in [6.45, 7) is 1.70. The van der Waals surface area contributed by atoms with E-state index >= 15 is 0 Å². The Bertz CT molecular complexity index is 317. The third-order valence-electron chi connectivity index (χ3n) is 1.43. The second kappa shape index (κ2) is 4.67. The van der Waals surface area contributed by atoms with Crippen molar-refractivity contribution in [2.24, 2.45) is 0 Å². The fraction of sp³-hybridized carbons (Fsp3) is 0.100. The molecule has 0 aromatic heterocycles. The molecule has 0 bridgehead atoms. The molecule has 13 heavy (non-hydrogen) atoms. The number of allylic oxidation sites excluding steroid dienone is 1. The number of carbonyl (C=O) groups excluding carboxylic acids is 1. The average Bonchev–Trinajstić information content (AvgIpc) is 2.19. The van der Waals surface area contributed by atoms with Gasteiger partial charge in [0.05, 0.1) is 5.56 Å². The number of carbonyl (C=O) groups is 1. The first-order chi connectivity index (χ1) is 6.24. The molecule has 1 rings (SSSR count). The van der Waals surface area contributed by atoms with E-state index in [0.29, 0.717) is 5.56 Å². The number of esters is 1. The van der Waals surface area contributed by atoms with Gasteiger partial charge in [0.25, 0.3) is 0 Å². The van der Waals surface area contributed by atoms with Crippen molar-refractivity contribution < 1.29 is 9.53 Å². The standard InChI is InChI=1S/C10H9ClO2/c1-2-9(11)13-10(12)8-6-4-3-5-7-8/h2-7H,1H3. The summed E-state index contributed by atoms with van der Waals surface area (Å²) in [5, 5.41) is 0.0915. The van der Waals surface area contributed by atoms with Crippen LogP contribution in [0.3, 0.4) is 0 Å². The van der Waals surface area contributed by atoms with E-state index in [9.17, 15) is 4.79 Å². The molecule has 0 aliphatic heterocycles. The van der Waals surface area contributed by atoms with E-state index in [-0.39, 0.29) is 5.22 Å². The van der Waals surface area contributed by atoms with Crippen LogP contribution >= 0.6 is 11.6 Å². The minimum absolute atomic E-state index is 0.0915. The number of halogens is 1. The van der Waals surface area contributed by atoms with Gasteiger partial charge in [0.15, 0.2) is 5.22 Å². The van der Waals surface area contributed by atoms with Crippen molar-refractivity contribution in [3.63, 3.8) is 0 Å². The molecule has 1 aromatic carbocycles. The van der Waals surface area contributed by atoms with Gasteiger partial charge >= 0.3 is 5.97 Å². The van der Waals surface area contributed by atoms with E-state index in [1.807, 2.05) is 6.07 Å². The number of benzene rings is 1. The third kappa shape index (κ3) is 2.92. The van der Waals surface area contributed by atoms with Crippen molar-refractivity contribution in [3.8, 4) is 0 Å². The first-order valence-corrected chi connectivity index (χ1v) is 4.21. The minimum atomic E-state index is -0.441. The van der Waals surface area contributed by atoms with Gasteiger partial charge in [0.1, 0.15) is 0 Å². The minimum Gasteiger partial charge on any atom is -0.411 e. The highest BCUT2D eigenvalue weighted by Gasteiger charge is 2.06. The van der Waals surface area contributed by atoms with Crippen LogP contribution in [-0.4, -0.2) is 5.97 Å². The molecule has 0 fully saturated rings. The summed E-state index contributed by atoms with van der Waals surface area (Å²) in [5.74, 6) is -0.441. The van der Waals surface area contributed by atoms with Crippen molar-refractivity contribution in [1.82, 2.24) is 0 Å². The Morgan fingerprint density at radius 2 is 2.00 bits per heavy atom. The largest absolute Gasteiger partial charge is 0.411 e. The highest BCUT2D eigenvalue weighted by molar-refractivity contribution is 6.29. The Hall–Kier alpha value is -1.28. The topological polar surface area (TPSA) is 26.3 Å². The Balaban J connectivity index is 2.70. The molecule has 0 saturated carbocycles. The summed E-state index contributed by atoms with van der Waals surface area (Å²) in [6.07, 6.45) is 1.52. The van der Waals surface area contributed by atoms with E-state index in [1.165, 1.54) is 6.08 Å². The fourth-order valence-electron chi connectivity index (χ4n) is 0.781. The predicted molar refractivity (Wildman–Crippen MR) is 51.5 cm³/mol. The molecule has 2 nitrogen and oxygen atoms in total. The quantitative estimate of drug-likeness (QED) is 0.537. The Kier molecular flexibility index (Phi) is 3.53. The first kappa shape index (κ1) is 9.81. The molecular weight excluding hydrogens is 188 g/mol. The molecule has 1 aromatic rings. The predicted octanol–water partition coefficient (Wildman–Crippen LogP) is 2.94. The Morgan fingerprint density at radius 3 is 2.54 bits per heavy atom. The number of rotatable bonds is 2. The van der Waals surface area contributed by atoms with Crippen LogP contribution in [0, 0.1) is 0 Å². The van der Waals surface area contributed by atoms with Crippen molar-refractivity contribution >= 4 is 17.6 Å². The first-order valence-electron chi connectivity index (χ1n) is 3.83. The highest BCUT2D eigenvalue weighted by Crippen LogP contribution is 2.08. The van der Waals surface area contributed by atoms with E-state index in [4.69, 9.17) is 16.3 Å². The molecule has 0 aliphatic carbocycles. The van der Waals surface area contributed by atoms with Gasteiger partial charge in [-0.15, -0.1) is 0 Å². The molecule has 0 N–H and O–H groups in total. The Labute approximate surface area is 81.8 Å². The van der Waals surface area contributed by atoms with Gasteiger partial charge in [0.2, 0.25) is 0 Å². The molecule has 0 heterocycles. The van der Waals surface area contributed by atoms with Crippen LogP contribution in [0.2, 0.25) is 0 Å². The molecule has 0 unspecified atom stereocenters. The van der Waals surface area contributed by atoms with Gasteiger partial charge in [-0.25, -0.2) is 4.79 Å². The summed E-state index contributed by atoms with van der Waals surface area (Å²) < 4.78 is 4.77. The van der Waals surface area contributed by atoms with Crippen LogP contribution in [0.5, 0.6) is 0 Å². The van der Waals surface area contributed by atoms with E-state index in [1.54, 1.807) is 31.2 Å². The Morgan fingerprint density at radius 1 is 1.38 bits per heavy atom. The normalized spacial score (nSPS) is 11.1. The maximum atomic E-state index is 11.3. The molecule has 0 aliphatic rings. The molecule has 0 saturated heterocycles. The molecule has 0 atom stereocenters. The molecule has 68 valence electrons. The maximum Gasteiger partial charge on any atom is 0.344 e. The summed E-state index contributed by atoms with van der Waals surface area (Å²) in [4.78, 5) is 11.3. The van der Waals surface area contributed by atoms with Gasteiger partial charge in [-0.3, -0.25) is 0 Å². The SMILES string of the molecule is CC=C(Cl)OC(=O)c1ccccc1. The lowest BCUT2D eigenvalue weighted by Crippen LogP contribution is -2.01. The zero-order valence-electron chi connectivity index (χ0n) is 7.16. The van der Waals surface area contributed by atoms with E-state index in [0.717, 1.165) is 0 Å². The van der Waals surface area contributed by atoms with Gasteiger partial charge in [0, 0.05) is 0 Å². The molecule has 3 heteroatoms. The van der Waals surface area contributed by atoms with Gasteiger partial charge in [-0.2, -0.15) is 0 Å². The summed E-state index contributed by atoms with van der Waals surface area (Å²) in [6, 6.07) is 8.69. The zero-order valence-corrected chi connectivity index (χ0v) is 7.91. The van der Waals surface area contributed by atoms with Gasteiger partial charge < -0.3 is 4.74 Å². The molecular formula is C10H9ClO2. The van der Waals surface area contributed by atoms with Crippen LogP contribution in [0.25, 0.3) is 0 Å². The van der Waals surface area contributed by atoms with E-state index < -0.39 is 5.97 Å². The number of hydrogen-bond acceptors (Lipinski definition) is 2. The lowest BCUT2D eigenvalue weighted by Gasteiger charge is -2.00. The van der Waals surface area contributed by atoms with Crippen LogP contribution in [0.4, 0.5) is 0 Å². The summed E-state index contributed by atoms with van der Waals surface area (Å²) >= 11 is 5.53. The second-order valence-electron chi connectivity index (χ2n) is 2.35. The third-order valence-corrected chi connectivity index (χ3v) is 1.72. The monoisotopic (exact) mass is 196 g/mol. The maximum absolute atomic E-state index is 11.3. The van der Waals surface area contributed by atoms with Crippen LogP contribution < -0.4 is 0 Å². The average molecular weight is 197 g/mol.